The van der Waals surface area contributed by atoms with Crippen molar-refractivity contribution in [1.82, 2.24) is 4.90 Å². The van der Waals surface area contributed by atoms with Gasteiger partial charge in [-0.3, -0.25) is 4.90 Å². The maximum Gasteiger partial charge on any atom is 0.121 e. The smallest absolute Gasteiger partial charge is 0.121 e. The fourth-order valence-electron chi connectivity index (χ4n) is 3.71. The van der Waals surface area contributed by atoms with Gasteiger partial charge in [-0.2, -0.15) is 4.91 Å². The molecular formula is C22H28ClN3O4. The molecule has 1 aliphatic heterocycles. The fourth-order valence-corrected chi connectivity index (χ4v) is 4.00. The minimum absolute atomic E-state index is 0.0365. The number of nitrogens with zero attached hydrogens (tertiary/aromatic N) is 3. The maximum absolute atomic E-state index is 11.0. The van der Waals surface area contributed by atoms with Crippen molar-refractivity contribution in [2.45, 2.75) is 19.1 Å². The minimum atomic E-state index is -0.987. The van der Waals surface area contributed by atoms with Crippen LogP contribution in [-0.2, 0) is 12.1 Å². The quantitative estimate of drug-likeness (QED) is 0.591. The van der Waals surface area contributed by atoms with Crippen LogP contribution in [0.1, 0.15) is 18.1 Å². The molecule has 0 amide bonds. The number of piperazine rings is 1. The van der Waals surface area contributed by atoms with Crippen LogP contribution in [-0.4, -0.2) is 61.1 Å². The molecule has 2 N–H and O–H groups in total. The Balaban J connectivity index is 1.56. The summed E-state index contributed by atoms with van der Waals surface area (Å²) in [5.74, 6) is 0.641. The Morgan fingerprint density at radius 1 is 1.13 bits per heavy atom. The number of aliphatic hydroxyl groups is 2. The number of rotatable bonds is 9. The van der Waals surface area contributed by atoms with E-state index in [1.165, 1.54) is 0 Å². The summed E-state index contributed by atoms with van der Waals surface area (Å²) in [6.45, 7) is 5.90. The lowest BCUT2D eigenvalue weighted by atomic mass is 9.94. The van der Waals surface area contributed by atoms with Gasteiger partial charge in [0.15, 0.2) is 0 Å². The Morgan fingerprint density at radius 3 is 2.43 bits per heavy atom. The van der Waals surface area contributed by atoms with Crippen LogP contribution in [0.25, 0.3) is 0 Å². The first-order chi connectivity index (χ1) is 14.4. The summed E-state index contributed by atoms with van der Waals surface area (Å²) in [5.41, 5.74) is 1.63. The van der Waals surface area contributed by atoms with Crippen molar-refractivity contribution in [3.05, 3.63) is 63.5 Å². The average molecular weight is 434 g/mol. The fraction of sp³-hybridized carbons (Fsp3) is 0.455. The van der Waals surface area contributed by atoms with E-state index in [9.17, 15) is 10.0 Å². The molecule has 0 radical (unpaired) electrons. The van der Waals surface area contributed by atoms with E-state index in [2.05, 4.69) is 15.0 Å². The molecule has 0 aliphatic carbocycles. The zero-order chi connectivity index (χ0) is 21.6. The van der Waals surface area contributed by atoms with Gasteiger partial charge in [0.25, 0.3) is 0 Å². The predicted octanol–water partition coefficient (Wildman–Crippen LogP) is 3.01. The van der Waals surface area contributed by atoms with E-state index in [-0.39, 0.29) is 19.8 Å². The summed E-state index contributed by atoms with van der Waals surface area (Å²) in [5, 5.41) is 23.4. The van der Waals surface area contributed by atoms with E-state index >= 15 is 0 Å². The molecule has 1 fully saturated rings. The molecule has 2 aromatic carbocycles. The highest BCUT2D eigenvalue weighted by atomic mass is 35.5. The number of hydrogen-bond acceptors (Lipinski definition) is 7. The Bertz CT molecular complexity index is 837. The van der Waals surface area contributed by atoms with Crippen molar-refractivity contribution < 1.29 is 14.9 Å². The largest absolute Gasteiger partial charge is 0.491 e. The molecule has 7 nitrogen and oxygen atoms in total. The zero-order valence-electron chi connectivity index (χ0n) is 17.1. The van der Waals surface area contributed by atoms with Crippen molar-refractivity contribution >= 4 is 17.3 Å². The average Bonchev–Trinajstić information content (AvgIpc) is 2.73. The lowest BCUT2D eigenvalue weighted by Gasteiger charge is -2.39. The van der Waals surface area contributed by atoms with E-state index in [0.29, 0.717) is 17.3 Å². The first-order valence-electron chi connectivity index (χ1n) is 10.0. The van der Waals surface area contributed by atoms with Gasteiger partial charge in [0.2, 0.25) is 0 Å². The van der Waals surface area contributed by atoms with Crippen molar-refractivity contribution in [3.63, 3.8) is 0 Å². The van der Waals surface area contributed by atoms with E-state index < -0.39 is 5.60 Å². The lowest BCUT2D eigenvalue weighted by Crippen LogP contribution is -2.50. The van der Waals surface area contributed by atoms with E-state index in [0.717, 1.165) is 43.0 Å². The van der Waals surface area contributed by atoms with Gasteiger partial charge in [-0.25, -0.2) is 0 Å². The predicted molar refractivity (Wildman–Crippen MR) is 118 cm³/mol. The van der Waals surface area contributed by atoms with E-state index in [1.807, 2.05) is 43.3 Å². The number of hydrogen-bond donors (Lipinski definition) is 2. The van der Waals surface area contributed by atoms with Crippen molar-refractivity contribution in [2.75, 3.05) is 50.8 Å². The van der Waals surface area contributed by atoms with Crippen LogP contribution in [0.4, 0.5) is 5.69 Å². The monoisotopic (exact) mass is 433 g/mol. The minimum Gasteiger partial charge on any atom is -0.491 e. The molecule has 0 bridgehead atoms. The molecule has 1 aliphatic rings. The third-order valence-electron chi connectivity index (χ3n) is 5.35. The third kappa shape index (κ3) is 5.70. The highest BCUT2D eigenvalue weighted by molar-refractivity contribution is 6.33. The standard InChI is InChI=1S/C22H28ClN3O4/c1-22(28,18-4-2-17(3-5-18)15-24-29)16-25-8-10-26(11-9-25)21-7-6-19(14-20(21)23)30-13-12-27/h2-7,14,27-28H,8-13,15-16H2,1H3/t22-/m1/s1. The molecule has 2 aromatic rings. The van der Waals surface area contributed by atoms with Gasteiger partial charge in [0.1, 0.15) is 18.9 Å². The van der Waals surface area contributed by atoms with Gasteiger partial charge in [-0.15, -0.1) is 0 Å². The van der Waals surface area contributed by atoms with Crippen LogP contribution in [0.2, 0.25) is 5.02 Å². The molecule has 0 unspecified atom stereocenters. The molecular weight excluding hydrogens is 406 g/mol. The first kappa shape index (κ1) is 22.5. The highest BCUT2D eigenvalue weighted by Crippen LogP contribution is 2.31. The number of β-amino-alcohol motifs (C(OH)–C–C–N with tert-alkyl or cyclic N) is 1. The molecule has 1 saturated heterocycles. The van der Waals surface area contributed by atoms with Crippen LogP contribution in [0, 0.1) is 4.91 Å². The zero-order valence-corrected chi connectivity index (χ0v) is 17.9. The van der Waals surface area contributed by atoms with Crippen molar-refractivity contribution in [1.29, 1.82) is 0 Å². The molecule has 8 heteroatoms. The molecule has 3 rings (SSSR count). The summed E-state index contributed by atoms with van der Waals surface area (Å²) in [6, 6.07) is 13.0. The topological polar surface area (TPSA) is 85.6 Å². The SMILES string of the molecule is C[C@@](O)(CN1CCN(c2ccc(OCCO)cc2Cl)CC1)c1ccc(CN=O)cc1. The summed E-state index contributed by atoms with van der Waals surface area (Å²) in [7, 11) is 0. The second kappa shape index (κ2) is 10.2. The van der Waals surface area contributed by atoms with Crippen LogP contribution >= 0.6 is 11.6 Å². The van der Waals surface area contributed by atoms with Crippen LogP contribution in [0.3, 0.4) is 0 Å². The summed E-state index contributed by atoms with van der Waals surface area (Å²) in [4.78, 5) is 14.9. The number of halogens is 1. The van der Waals surface area contributed by atoms with E-state index in [1.54, 1.807) is 6.07 Å². The lowest BCUT2D eigenvalue weighted by molar-refractivity contribution is 0.0143. The number of benzene rings is 2. The Hall–Kier alpha value is -2.19. The van der Waals surface area contributed by atoms with Crippen LogP contribution in [0.5, 0.6) is 5.75 Å². The number of anilines is 1. The number of aliphatic hydroxyl groups excluding tert-OH is 1. The summed E-state index contributed by atoms with van der Waals surface area (Å²) in [6.07, 6.45) is 0. The van der Waals surface area contributed by atoms with E-state index in [4.69, 9.17) is 21.4 Å². The van der Waals surface area contributed by atoms with Crippen molar-refractivity contribution in [2.24, 2.45) is 5.18 Å². The van der Waals surface area contributed by atoms with Gasteiger partial charge in [0, 0.05) is 38.8 Å². The Morgan fingerprint density at radius 2 is 1.83 bits per heavy atom. The molecule has 0 spiro atoms. The second-order valence-corrected chi connectivity index (χ2v) is 8.11. The Kier molecular flexibility index (Phi) is 7.66. The molecule has 1 atom stereocenters. The molecule has 162 valence electrons. The Labute approximate surface area is 181 Å². The second-order valence-electron chi connectivity index (χ2n) is 7.71. The van der Waals surface area contributed by atoms with Crippen LogP contribution < -0.4 is 9.64 Å². The van der Waals surface area contributed by atoms with Gasteiger partial charge < -0.3 is 19.8 Å². The van der Waals surface area contributed by atoms with Gasteiger partial charge in [-0.05, 0) is 30.2 Å². The maximum atomic E-state index is 11.0. The van der Waals surface area contributed by atoms with Crippen molar-refractivity contribution in [3.8, 4) is 5.75 Å². The van der Waals surface area contributed by atoms with Gasteiger partial charge in [-0.1, -0.05) is 41.0 Å². The highest BCUT2D eigenvalue weighted by Gasteiger charge is 2.28. The number of ether oxygens (including phenoxy) is 1. The van der Waals surface area contributed by atoms with Crippen LogP contribution in [0.15, 0.2) is 47.6 Å². The first-order valence-corrected chi connectivity index (χ1v) is 10.4. The van der Waals surface area contributed by atoms with Gasteiger partial charge >= 0.3 is 0 Å². The van der Waals surface area contributed by atoms with Gasteiger partial charge in [0.05, 0.1) is 22.9 Å². The molecule has 0 saturated carbocycles. The third-order valence-corrected chi connectivity index (χ3v) is 5.65. The molecule has 0 aromatic heterocycles. The summed E-state index contributed by atoms with van der Waals surface area (Å²) < 4.78 is 5.40. The normalized spacial score (nSPS) is 16.9. The number of nitroso groups, excluding NO2 is 1. The molecule has 1 heterocycles. The molecule has 30 heavy (non-hydrogen) atoms. The summed E-state index contributed by atoms with van der Waals surface area (Å²) >= 11 is 6.44.